The van der Waals surface area contributed by atoms with Crippen molar-refractivity contribution >= 4 is 5.91 Å². The van der Waals surface area contributed by atoms with Crippen molar-refractivity contribution in [2.75, 3.05) is 6.61 Å². The summed E-state index contributed by atoms with van der Waals surface area (Å²) in [6.45, 7) is 3.85. The van der Waals surface area contributed by atoms with Gasteiger partial charge < -0.3 is 14.6 Å². The van der Waals surface area contributed by atoms with Gasteiger partial charge in [-0.2, -0.15) is 0 Å². The Kier molecular flexibility index (Phi) is 3.90. The van der Waals surface area contributed by atoms with E-state index in [4.69, 9.17) is 4.74 Å². The molecule has 0 spiro atoms. The number of rotatable bonds is 4. The maximum atomic E-state index is 12.3. The van der Waals surface area contributed by atoms with E-state index in [0.29, 0.717) is 13.2 Å². The Morgan fingerprint density at radius 2 is 2.33 bits per heavy atom. The molecular formula is C16H19N3O2. The second-order valence-electron chi connectivity index (χ2n) is 5.21. The van der Waals surface area contributed by atoms with E-state index in [0.717, 1.165) is 30.0 Å². The lowest BCUT2D eigenvalue weighted by Gasteiger charge is -2.24. The van der Waals surface area contributed by atoms with E-state index in [-0.39, 0.29) is 11.8 Å². The van der Waals surface area contributed by atoms with E-state index >= 15 is 0 Å². The number of amides is 1. The Bertz CT molecular complexity index is 636. The van der Waals surface area contributed by atoms with Crippen LogP contribution in [0.1, 0.15) is 18.2 Å². The molecule has 0 fully saturated rings. The molecule has 1 aromatic heterocycles. The number of aromatic nitrogens is 2. The third-order valence-corrected chi connectivity index (χ3v) is 3.83. The number of imidazole rings is 1. The summed E-state index contributed by atoms with van der Waals surface area (Å²) in [7, 11) is 0. The highest BCUT2D eigenvalue weighted by atomic mass is 16.5. The summed E-state index contributed by atoms with van der Waals surface area (Å²) in [6.07, 6.45) is 4.30. The molecular weight excluding hydrogens is 266 g/mol. The number of benzene rings is 1. The molecule has 1 atom stereocenters. The first kappa shape index (κ1) is 13.7. The first-order valence-electron chi connectivity index (χ1n) is 7.25. The number of nitrogens with zero attached hydrogens (tertiary/aromatic N) is 2. The van der Waals surface area contributed by atoms with E-state index in [1.165, 1.54) is 0 Å². The number of hydrogen-bond acceptors (Lipinski definition) is 3. The van der Waals surface area contributed by atoms with Crippen molar-refractivity contribution in [2.24, 2.45) is 5.92 Å². The van der Waals surface area contributed by atoms with Gasteiger partial charge in [0.15, 0.2) is 0 Å². The molecule has 1 aliphatic rings. The average Bonchev–Trinajstić information content (AvgIpc) is 2.99. The first-order chi connectivity index (χ1) is 10.3. The fraction of sp³-hybridized carbons (Fsp3) is 0.375. The minimum Gasteiger partial charge on any atom is -0.492 e. The Morgan fingerprint density at radius 3 is 3.19 bits per heavy atom. The highest BCUT2D eigenvalue weighted by Crippen LogP contribution is 2.26. The van der Waals surface area contributed by atoms with Crippen LogP contribution in [0.2, 0.25) is 0 Å². The van der Waals surface area contributed by atoms with E-state index < -0.39 is 0 Å². The lowest BCUT2D eigenvalue weighted by Crippen LogP contribution is -2.37. The van der Waals surface area contributed by atoms with Crippen LogP contribution in [-0.4, -0.2) is 22.1 Å². The Morgan fingerprint density at radius 1 is 1.48 bits per heavy atom. The maximum absolute atomic E-state index is 12.3. The van der Waals surface area contributed by atoms with Gasteiger partial charge in [-0.3, -0.25) is 4.79 Å². The number of para-hydroxylation sites is 1. The van der Waals surface area contributed by atoms with Crippen molar-refractivity contribution < 1.29 is 9.53 Å². The number of ether oxygens (including phenoxy) is 1. The molecule has 1 amide bonds. The van der Waals surface area contributed by atoms with Gasteiger partial charge in [0.1, 0.15) is 12.4 Å². The fourth-order valence-electron chi connectivity index (χ4n) is 2.60. The van der Waals surface area contributed by atoms with Crippen LogP contribution >= 0.6 is 0 Å². The van der Waals surface area contributed by atoms with Crippen LogP contribution in [0.4, 0.5) is 0 Å². The number of nitrogens with one attached hydrogen (secondary N) is 1. The quantitative estimate of drug-likeness (QED) is 0.931. The maximum Gasteiger partial charge on any atom is 0.227 e. The standard InChI is InChI=1S/C16H19N3O2/c1-2-19-11-17-8-14(19)9-18-16(20)13-7-12-5-3-4-6-15(12)21-10-13/h3-6,8,11,13H,2,7,9-10H2,1H3,(H,18,20)/t13-/m1/s1. The summed E-state index contributed by atoms with van der Waals surface area (Å²) in [4.78, 5) is 16.4. The van der Waals surface area contributed by atoms with Crippen LogP contribution in [0.15, 0.2) is 36.8 Å². The van der Waals surface area contributed by atoms with Crippen molar-refractivity contribution in [2.45, 2.75) is 26.4 Å². The van der Waals surface area contributed by atoms with Crippen LogP contribution in [0.5, 0.6) is 5.75 Å². The Labute approximate surface area is 124 Å². The molecule has 3 rings (SSSR count). The lowest BCUT2D eigenvalue weighted by molar-refractivity contribution is -0.126. The van der Waals surface area contributed by atoms with Crippen molar-refractivity contribution in [3.63, 3.8) is 0 Å². The van der Waals surface area contributed by atoms with Crippen molar-refractivity contribution in [3.8, 4) is 5.75 Å². The normalized spacial score (nSPS) is 16.9. The molecule has 1 aromatic carbocycles. The van der Waals surface area contributed by atoms with Gasteiger partial charge in [0.25, 0.3) is 0 Å². The summed E-state index contributed by atoms with van der Waals surface area (Å²) in [5, 5.41) is 2.98. The molecule has 0 bridgehead atoms. The molecule has 5 heteroatoms. The van der Waals surface area contributed by atoms with E-state index in [2.05, 4.69) is 17.2 Å². The largest absolute Gasteiger partial charge is 0.492 e. The highest BCUT2D eigenvalue weighted by molar-refractivity contribution is 5.79. The van der Waals surface area contributed by atoms with Gasteiger partial charge in [-0.25, -0.2) is 4.98 Å². The van der Waals surface area contributed by atoms with Crippen LogP contribution in [0, 0.1) is 5.92 Å². The second-order valence-corrected chi connectivity index (χ2v) is 5.21. The summed E-state index contributed by atoms with van der Waals surface area (Å²) < 4.78 is 7.68. The first-order valence-corrected chi connectivity index (χ1v) is 7.25. The minimum absolute atomic E-state index is 0.0355. The average molecular weight is 285 g/mol. The third-order valence-electron chi connectivity index (χ3n) is 3.83. The topological polar surface area (TPSA) is 56.2 Å². The summed E-state index contributed by atoms with van der Waals surface area (Å²) in [6, 6.07) is 7.89. The lowest BCUT2D eigenvalue weighted by atomic mass is 9.96. The smallest absolute Gasteiger partial charge is 0.227 e. The van der Waals surface area contributed by atoms with Crippen molar-refractivity contribution in [3.05, 3.63) is 48.0 Å². The predicted molar refractivity (Wildman–Crippen MR) is 78.9 cm³/mol. The number of fused-ring (bicyclic) bond motifs is 1. The second kappa shape index (κ2) is 5.99. The molecule has 21 heavy (non-hydrogen) atoms. The Balaban J connectivity index is 1.60. The predicted octanol–water partition coefficient (Wildman–Crippen LogP) is 1.77. The monoisotopic (exact) mass is 285 g/mol. The zero-order chi connectivity index (χ0) is 14.7. The summed E-state index contributed by atoms with van der Waals surface area (Å²) >= 11 is 0. The van der Waals surface area contributed by atoms with Crippen LogP contribution in [-0.2, 0) is 24.3 Å². The zero-order valence-corrected chi connectivity index (χ0v) is 12.1. The van der Waals surface area contributed by atoms with Gasteiger partial charge in [-0.1, -0.05) is 18.2 Å². The molecule has 0 saturated carbocycles. The van der Waals surface area contributed by atoms with Gasteiger partial charge in [0.2, 0.25) is 5.91 Å². The SMILES string of the molecule is CCn1cncc1CNC(=O)[C@H]1COc2ccccc2C1. The van der Waals surface area contributed by atoms with E-state index in [9.17, 15) is 4.79 Å². The fourth-order valence-corrected chi connectivity index (χ4v) is 2.60. The van der Waals surface area contributed by atoms with Gasteiger partial charge in [0.05, 0.1) is 24.5 Å². The number of hydrogen-bond donors (Lipinski definition) is 1. The highest BCUT2D eigenvalue weighted by Gasteiger charge is 2.25. The molecule has 5 nitrogen and oxygen atoms in total. The summed E-state index contributed by atoms with van der Waals surface area (Å²) in [5.41, 5.74) is 2.12. The Hall–Kier alpha value is -2.30. The molecule has 0 saturated heterocycles. The molecule has 0 aliphatic carbocycles. The molecule has 1 N–H and O–H groups in total. The minimum atomic E-state index is -0.127. The van der Waals surface area contributed by atoms with Crippen LogP contribution in [0.3, 0.4) is 0 Å². The number of carbonyl (C=O) groups is 1. The van der Waals surface area contributed by atoms with E-state index in [1.807, 2.05) is 28.8 Å². The third kappa shape index (κ3) is 2.91. The number of carbonyl (C=O) groups excluding carboxylic acids is 1. The zero-order valence-electron chi connectivity index (χ0n) is 12.1. The van der Waals surface area contributed by atoms with Crippen LogP contribution < -0.4 is 10.1 Å². The van der Waals surface area contributed by atoms with Gasteiger partial charge in [-0.15, -0.1) is 0 Å². The van der Waals surface area contributed by atoms with Gasteiger partial charge in [-0.05, 0) is 25.0 Å². The van der Waals surface area contributed by atoms with Gasteiger partial charge in [0, 0.05) is 12.7 Å². The molecule has 110 valence electrons. The summed E-state index contributed by atoms with van der Waals surface area (Å²) in [5.74, 6) is 0.803. The van der Waals surface area contributed by atoms with Crippen LogP contribution in [0.25, 0.3) is 0 Å². The van der Waals surface area contributed by atoms with Crippen molar-refractivity contribution in [1.29, 1.82) is 0 Å². The molecule has 2 aromatic rings. The van der Waals surface area contributed by atoms with Gasteiger partial charge >= 0.3 is 0 Å². The molecule has 2 heterocycles. The van der Waals surface area contributed by atoms with E-state index in [1.54, 1.807) is 12.5 Å². The molecule has 0 unspecified atom stereocenters. The molecule has 0 radical (unpaired) electrons. The molecule has 1 aliphatic heterocycles. The van der Waals surface area contributed by atoms with Crippen molar-refractivity contribution in [1.82, 2.24) is 14.9 Å². The number of aryl methyl sites for hydroxylation is 1.